The summed E-state index contributed by atoms with van der Waals surface area (Å²) in [6, 6.07) is 14.9. The highest BCUT2D eigenvalue weighted by Gasteiger charge is 2.33. The Balaban J connectivity index is 1.94. The Morgan fingerprint density at radius 2 is 1.78 bits per heavy atom. The van der Waals surface area contributed by atoms with Gasteiger partial charge in [0.25, 0.3) is 5.91 Å². The Bertz CT molecular complexity index is 1320. The van der Waals surface area contributed by atoms with Gasteiger partial charge in [0, 0.05) is 17.1 Å². The first-order valence-electron chi connectivity index (χ1n) is 8.39. The number of hydrogen-bond acceptors (Lipinski definition) is 2. The molecule has 5 rings (SSSR count). The second-order valence-electron chi connectivity index (χ2n) is 6.43. The van der Waals surface area contributed by atoms with E-state index >= 15 is 0 Å². The van der Waals surface area contributed by atoms with E-state index in [1.165, 1.54) is 10.6 Å². The minimum atomic E-state index is -0.376. The van der Waals surface area contributed by atoms with Gasteiger partial charge in [0.05, 0.1) is 28.5 Å². The molecule has 4 aromatic rings. The van der Waals surface area contributed by atoms with E-state index in [-0.39, 0.29) is 29.3 Å². The van der Waals surface area contributed by atoms with Crippen LogP contribution in [0.15, 0.2) is 65.6 Å². The molecule has 0 saturated heterocycles. The molecule has 0 saturated carbocycles. The molecular formula is C21H12ClFN2O2. The van der Waals surface area contributed by atoms with Gasteiger partial charge in [0.15, 0.2) is 0 Å². The second kappa shape index (κ2) is 5.66. The number of carbonyl (C=O) groups is 1. The maximum atomic E-state index is 14.3. The van der Waals surface area contributed by atoms with Crippen molar-refractivity contribution in [3.8, 4) is 11.4 Å². The zero-order valence-corrected chi connectivity index (χ0v) is 14.7. The lowest BCUT2D eigenvalue weighted by Gasteiger charge is -2.17. The first kappa shape index (κ1) is 16.0. The number of benzene rings is 2. The zero-order valence-electron chi connectivity index (χ0n) is 13.9. The smallest absolute Gasteiger partial charge is 0.268 e. The fourth-order valence-electron chi connectivity index (χ4n) is 3.75. The highest BCUT2D eigenvalue weighted by Crippen LogP contribution is 2.35. The molecule has 1 aliphatic heterocycles. The number of para-hydroxylation sites is 1. The van der Waals surface area contributed by atoms with Gasteiger partial charge in [-0.25, -0.2) is 4.39 Å². The molecular weight excluding hydrogens is 367 g/mol. The highest BCUT2D eigenvalue weighted by molar-refractivity contribution is 6.35. The lowest BCUT2D eigenvalue weighted by Crippen LogP contribution is -2.20. The van der Waals surface area contributed by atoms with E-state index < -0.39 is 0 Å². The summed E-state index contributed by atoms with van der Waals surface area (Å²) in [6.45, 7) is 0.147. The molecule has 0 bridgehead atoms. The number of halogens is 2. The van der Waals surface area contributed by atoms with Crippen LogP contribution in [0.1, 0.15) is 15.9 Å². The summed E-state index contributed by atoms with van der Waals surface area (Å²) in [6.07, 6.45) is 1.62. The molecule has 0 aliphatic carbocycles. The largest absolute Gasteiger partial charge is 0.333 e. The van der Waals surface area contributed by atoms with Crippen LogP contribution in [0.25, 0.3) is 22.3 Å². The maximum absolute atomic E-state index is 14.3. The molecule has 27 heavy (non-hydrogen) atoms. The van der Waals surface area contributed by atoms with Crippen LogP contribution in [0.4, 0.5) is 4.39 Å². The van der Waals surface area contributed by atoms with Crippen LogP contribution < -0.4 is 5.43 Å². The summed E-state index contributed by atoms with van der Waals surface area (Å²) in [4.78, 5) is 25.9. The van der Waals surface area contributed by atoms with E-state index in [2.05, 4.69) is 0 Å². The topological polar surface area (TPSA) is 44.0 Å². The van der Waals surface area contributed by atoms with Crippen molar-refractivity contribution in [1.29, 1.82) is 0 Å². The standard InChI is InChI=1S/C21H12ClFN2O2/c22-14-7-3-6-13-18(14)25(11-12-5-1-2-8-15(12)23)19-16-9-4-10-24(16)21(27)17(19)20(13)26/h1-10H,11H2. The summed E-state index contributed by atoms with van der Waals surface area (Å²) in [5.74, 6) is -0.732. The van der Waals surface area contributed by atoms with Crippen LogP contribution in [0.5, 0.6) is 0 Å². The van der Waals surface area contributed by atoms with Gasteiger partial charge in [-0.05, 0) is 30.3 Å². The molecule has 6 heteroatoms. The Kier molecular flexibility index (Phi) is 3.36. The van der Waals surface area contributed by atoms with Crippen LogP contribution in [0, 0.1) is 5.82 Å². The molecule has 0 unspecified atom stereocenters. The number of hydrogen-bond donors (Lipinski definition) is 0. The molecule has 4 nitrogen and oxygen atoms in total. The Morgan fingerprint density at radius 3 is 2.59 bits per heavy atom. The summed E-state index contributed by atoms with van der Waals surface area (Å²) in [5.41, 5.74) is 1.75. The van der Waals surface area contributed by atoms with Gasteiger partial charge in [-0.3, -0.25) is 14.2 Å². The third-order valence-corrected chi connectivity index (χ3v) is 5.25. The maximum Gasteiger partial charge on any atom is 0.268 e. The molecule has 0 amide bonds. The molecule has 3 heterocycles. The second-order valence-corrected chi connectivity index (χ2v) is 6.84. The van der Waals surface area contributed by atoms with Crippen molar-refractivity contribution in [2.75, 3.05) is 0 Å². The van der Waals surface area contributed by atoms with Crippen LogP contribution in [-0.4, -0.2) is 15.0 Å². The van der Waals surface area contributed by atoms with Crippen LogP contribution >= 0.6 is 11.6 Å². The fraction of sp³-hybridized carbons (Fsp3) is 0.0476. The van der Waals surface area contributed by atoms with Gasteiger partial charge < -0.3 is 4.57 Å². The number of fused-ring (bicyclic) bond motifs is 4. The fourth-order valence-corrected chi connectivity index (χ4v) is 4.03. The van der Waals surface area contributed by atoms with E-state index in [4.69, 9.17) is 11.6 Å². The van der Waals surface area contributed by atoms with Crippen molar-refractivity contribution in [1.82, 2.24) is 9.13 Å². The summed E-state index contributed by atoms with van der Waals surface area (Å²) in [7, 11) is 0. The minimum Gasteiger partial charge on any atom is -0.333 e. The average molecular weight is 379 g/mol. The van der Waals surface area contributed by atoms with E-state index in [1.54, 1.807) is 59.3 Å². The molecule has 2 aromatic heterocycles. The normalized spacial score (nSPS) is 12.4. The SMILES string of the molecule is O=C1c2c(n(Cc3ccccc3F)c3c(Cl)cccc3c2=O)-c2cccn21. The molecule has 0 fully saturated rings. The zero-order chi connectivity index (χ0) is 18.7. The van der Waals surface area contributed by atoms with Gasteiger partial charge >= 0.3 is 0 Å². The van der Waals surface area contributed by atoms with Crippen LogP contribution in [0.2, 0.25) is 5.02 Å². The van der Waals surface area contributed by atoms with Crippen molar-refractivity contribution in [3.05, 3.63) is 93.0 Å². The summed E-state index contributed by atoms with van der Waals surface area (Å²) < 4.78 is 17.5. The van der Waals surface area contributed by atoms with E-state index in [0.717, 1.165) is 0 Å². The molecule has 0 N–H and O–H groups in total. The molecule has 132 valence electrons. The summed E-state index contributed by atoms with van der Waals surface area (Å²) in [5, 5.41) is 0.720. The average Bonchev–Trinajstić information content (AvgIpc) is 3.23. The van der Waals surface area contributed by atoms with Gasteiger partial charge in [0.2, 0.25) is 5.43 Å². The van der Waals surface area contributed by atoms with Crippen molar-refractivity contribution in [2.45, 2.75) is 6.54 Å². The first-order valence-corrected chi connectivity index (χ1v) is 8.76. The van der Waals surface area contributed by atoms with Gasteiger partial charge in [0.1, 0.15) is 11.4 Å². The third kappa shape index (κ3) is 2.15. The Hall–Kier alpha value is -3.18. The molecule has 1 aliphatic rings. The van der Waals surface area contributed by atoms with Crippen molar-refractivity contribution in [2.24, 2.45) is 0 Å². The molecule has 2 aromatic carbocycles. The molecule has 0 radical (unpaired) electrons. The number of aromatic nitrogens is 2. The predicted molar refractivity (Wildman–Crippen MR) is 102 cm³/mol. The Morgan fingerprint density at radius 1 is 0.963 bits per heavy atom. The number of rotatable bonds is 2. The third-order valence-electron chi connectivity index (χ3n) is 4.95. The van der Waals surface area contributed by atoms with E-state index in [1.807, 2.05) is 0 Å². The van der Waals surface area contributed by atoms with Gasteiger partial charge in [-0.15, -0.1) is 0 Å². The van der Waals surface area contributed by atoms with E-state index in [0.29, 0.717) is 32.9 Å². The highest BCUT2D eigenvalue weighted by atomic mass is 35.5. The molecule has 0 spiro atoms. The monoisotopic (exact) mass is 378 g/mol. The van der Waals surface area contributed by atoms with Crippen molar-refractivity contribution in [3.63, 3.8) is 0 Å². The first-order chi connectivity index (χ1) is 13.1. The van der Waals surface area contributed by atoms with Crippen LogP contribution in [0.3, 0.4) is 0 Å². The van der Waals surface area contributed by atoms with Crippen molar-refractivity contribution >= 4 is 28.4 Å². The number of pyridine rings is 1. The minimum absolute atomic E-state index is 0.0942. The van der Waals surface area contributed by atoms with Crippen molar-refractivity contribution < 1.29 is 9.18 Å². The number of carbonyl (C=O) groups excluding carboxylic acids is 1. The Labute approximate surface area is 158 Å². The predicted octanol–water partition coefficient (Wildman–Crippen LogP) is 4.31. The molecule has 0 atom stereocenters. The summed E-state index contributed by atoms with van der Waals surface area (Å²) >= 11 is 6.43. The van der Waals surface area contributed by atoms with Gasteiger partial charge in [-0.1, -0.05) is 35.9 Å². The van der Waals surface area contributed by atoms with E-state index in [9.17, 15) is 14.0 Å². The van der Waals surface area contributed by atoms with Gasteiger partial charge in [-0.2, -0.15) is 0 Å². The lowest BCUT2D eigenvalue weighted by atomic mass is 10.1. The van der Waals surface area contributed by atoms with Crippen LogP contribution in [-0.2, 0) is 6.54 Å². The lowest BCUT2D eigenvalue weighted by molar-refractivity contribution is 0.0968. The quantitative estimate of drug-likeness (QED) is 0.459. The number of nitrogens with zero attached hydrogens (tertiary/aromatic N) is 2.